The molecule has 29 heavy (non-hydrogen) atoms. The first-order valence-electron chi connectivity index (χ1n) is 10.6. The summed E-state index contributed by atoms with van der Waals surface area (Å²) in [5, 5.41) is 4.46. The summed E-state index contributed by atoms with van der Waals surface area (Å²) < 4.78 is 27.8. The molecule has 0 radical (unpaired) electrons. The highest BCUT2D eigenvalue weighted by atomic mass is 19.3. The topological polar surface area (TPSA) is 57.2 Å². The molecule has 2 aliphatic carbocycles. The molecule has 4 aliphatic rings. The summed E-state index contributed by atoms with van der Waals surface area (Å²) in [5.41, 5.74) is 0.763. The van der Waals surface area contributed by atoms with E-state index in [1.165, 1.54) is 6.42 Å². The quantitative estimate of drug-likeness (QED) is 0.855. The Morgan fingerprint density at radius 3 is 2.72 bits per heavy atom. The maximum Gasteiger partial charge on any atom is 0.256 e. The first-order chi connectivity index (χ1) is 13.8. The lowest BCUT2D eigenvalue weighted by molar-refractivity contribution is 0.0711. The summed E-state index contributed by atoms with van der Waals surface area (Å²) in [5.74, 6) is -0.554. The van der Waals surface area contributed by atoms with Gasteiger partial charge in [-0.15, -0.1) is 0 Å². The fourth-order valence-corrected chi connectivity index (χ4v) is 5.84. The fourth-order valence-electron chi connectivity index (χ4n) is 5.84. The lowest BCUT2D eigenvalue weighted by atomic mass is 10.0. The molecule has 6 rings (SSSR count). The van der Waals surface area contributed by atoms with E-state index in [-0.39, 0.29) is 6.42 Å². The van der Waals surface area contributed by atoms with Crippen LogP contribution in [0.25, 0.3) is 10.9 Å². The van der Waals surface area contributed by atoms with Crippen LogP contribution in [0.3, 0.4) is 0 Å². The van der Waals surface area contributed by atoms with E-state index in [2.05, 4.69) is 22.2 Å². The van der Waals surface area contributed by atoms with E-state index in [1.54, 1.807) is 0 Å². The number of rotatable bonds is 3. The van der Waals surface area contributed by atoms with Crippen LogP contribution < -0.4 is 10.2 Å². The molecule has 2 saturated carbocycles. The van der Waals surface area contributed by atoms with E-state index in [0.717, 1.165) is 35.4 Å². The van der Waals surface area contributed by atoms with Crippen LogP contribution in [-0.2, 0) is 0 Å². The number of fused-ring (bicyclic) bond motifs is 3. The maximum atomic E-state index is 13.9. The molecule has 4 fully saturated rings. The lowest BCUT2D eigenvalue weighted by Crippen LogP contribution is -2.38. The highest BCUT2D eigenvalue weighted by molar-refractivity contribution is 5.89. The van der Waals surface area contributed by atoms with Crippen molar-refractivity contribution >= 4 is 22.7 Å². The zero-order chi connectivity index (χ0) is 20.0. The molecule has 2 aromatic heterocycles. The van der Waals surface area contributed by atoms with Gasteiger partial charge in [-0.1, -0.05) is 0 Å². The molecule has 6 nitrogen and oxygen atoms in total. The number of anilines is 2. The third kappa shape index (κ3) is 2.64. The van der Waals surface area contributed by atoms with Gasteiger partial charge in [-0.3, -0.25) is 0 Å². The van der Waals surface area contributed by atoms with E-state index in [9.17, 15) is 8.78 Å². The van der Waals surface area contributed by atoms with Crippen molar-refractivity contribution in [3.05, 3.63) is 18.0 Å². The summed E-state index contributed by atoms with van der Waals surface area (Å²) in [6.07, 6.45) is 4.70. The Bertz CT molecular complexity index is 995. The second-order valence-corrected chi connectivity index (χ2v) is 9.63. The number of hydrogen-bond donors (Lipinski definition) is 1. The molecule has 154 valence electrons. The molecule has 4 heterocycles. The standard InChI is InChI=1S/C21H26F2N6/c1-12-5-13-8-24-19(26-16-7-15-6-14(16)9-28(15)2)27-17(13)18(25-12)29-4-3-20(11-29)10-21(20,22)23/h5,8,14-16H,3-4,6-7,9-11H2,1-2H3,(H,24,26,27). The van der Waals surface area contributed by atoms with E-state index >= 15 is 0 Å². The van der Waals surface area contributed by atoms with Crippen LogP contribution in [0.1, 0.15) is 31.4 Å². The third-order valence-corrected chi connectivity index (χ3v) is 7.67. The van der Waals surface area contributed by atoms with Crippen LogP contribution in [0.5, 0.6) is 0 Å². The van der Waals surface area contributed by atoms with Gasteiger partial charge in [0.2, 0.25) is 5.95 Å². The molecule has 4 unspecified atom stereocenters. The maximum absolute atomic E-state index is 13.9. The molecule has 4 atom stereocenters. The molecule has 2 bridgehead atoms. The number of nitrogens with zero attached hydrogens (tertiary/aromatic N) is 5. The Morgan fingerprint density at radius 1 is 1.24 bits per heavy atom. The Balaban J connectivity index is 1.31. The number of likely N-dealkylation sites (tertiary alicyclic amines) is 1. The van der Waals surface area contributed by atoms with Crippen molar-refractivity contribution in [1.82, 2.24) is 19.9 Å². The van der Waals surface area contributed by atoms with Gasteiger partial charge >= 0.3 is 0 Å². The smallest absolute Gasteiger partial charge is 0.256 e. The number of alkyl halides is 2. The first kappa shape index (κ1) is 17.7. The molecule has 0 amide bonds. The molecule has 2 aliphatic heterocycles. The molecular weight excluding hydrogens is 374 g/mol. The average molecular weight is 400 g/mol. The molecule has 0 aromatic carbocycles. The van der Waals surface area contributed by atoms with Gasteiger partial charge in [0, 0.05) is 55.4 Å². The summed E-state index contributed by atoms with van der Waals surface area (Å²) in [7, 11) is 2.19. The predicted molar refractivity (Wildman–Crippen MR) is 107 cm³/mol. The van der Waals surface area contributed by atoms with Crippen molar-refractivity contribution in [3.63, 3.8) is 0 Å². The van der Waals surface area contributed by atoms with Gasteiger partial charge in [-0.05, 0) is 45.2 Å². The summed E-state index contributed by atoms with van der Waals surface area (Å²) in [6, 6.07) is 3.02. The van der Waals surface area contributed by atoms with Crippen molar-refractivity contribution in [2.75, 3.05) is 36.9 Å². The van der Waals surface area contributed by atoms with Crippen LogP contribution in [0, 0.1) is 18.3 Å². The van der Waals surface area contributed by atoms with E-state index in [0.29, 0.717) is 43.5 Å². The Kier molecular flexibility index (Phi) is 3.51. The minimum Gasteiger partial charge on any atom is -0.354 e. The van der Waals surface area contributed by atoms with Crippen molar-refractivity contribution in [2.45, 2.75) is 50.6 Å². The Hall–Kier alpha value is -2.09. The van der Waals surface area contributed by atoms with Gasteiger partial charge in [0.1, 0.15) is 5.52 Å². The number of nitrogens with one attached hydrogen (secondary N) is 1. The summed E-state index contributed by atoms with van der Waals surface area (Å²) in [6.45, 7) is 4.01. The SMILES string of the molecule is Cc1cc2cnc(NC3CC4CC3CN4C)nc2c(N2CCC3(C2)CC3(F)F)n1. The van der Waals surface area contributed by atoms with Crippen LogP contribution >= 0.6 is 0 Å². The molecule has 2 saturated heterocycles. The Morgan fingerprint density at radius 2 is 2.07 bits per heavy atom. The number of halogens is 2. The van der Waals surface area contributed by atoms with Crippen LogP contribution in [0.15, 0.2) is 12.3 Å². The van der Waals surface area contributed by atoms with Gasteiger partial charge in [0.15, 0.2) is 5.82 Å². The van der Waals surface area contributed by atoms with Gasteiger partial charge in [0.05, 0.1) is 5.41 Å². The molecule has 2 aromatic rings. The zero-order valence-corrected chi connectivity index (χ0v) is 16.8. The van der Waals surface area contributed by atoms with Gasteiger partial charge in [-0.25, -0.2) is 23.7 Å². The molecule has 8 heteroatoms. The van der Waals surface area contributed by atoms with E-state index < -0.39 is 11.3 Å². The number of aromatic nitrogens is 3. The minimum absolute atomic E-state index is 0.000714. The summed E-state index contributed by atoms with van der Waals surface area (Å²) >= 11 is 0. The first-order valence-corrected chi connectivity index (χ1v) is 10.6. The Labute approximate surface area is 168 Å². The van der Waals surface area contributed by atoms with Crippen LogP contribution in [-0.4, -0.2) is 64.5 Å². The van der Waals surface area contributed by atoms with Crippen LogP contribution in [0.2, 0.25) is 0 Å². The highest BCUT2D eigenvalue weighted by Crippen LogP contribution is 2.65. The molecular formula is C21H26F2N6. The normalized spacial score (nSPS) is 35.2. The number of aryl methyl sites for hydroxylation is 1. The van der Waals surface area contributed by atoms with E-state index in [4.69, 9.17) is 9.97 Å². The summed E-state index contributed by atoms with van der Waals surface area (Å²) in [4.78, 5) is 18.5. The van der Waals surface area contributed by atoms with Crippen molar-refractivity contribution in [2.24, 2.45) is 11.3 Å². The average Bonchev–Trinajstić information content (AvgIpc) is 3.12. The van der Waals surface area contributed by atoms with Gasteiger partial charge in [-0.2, -0.15) is 0 Å². The van der Waals surface area contributed by atoms with Gasteiger partial charge in [0.25, 0.3) is 5.92 Å². The van der Waals surface area contributed by atoms with Crippen LogP contribution in [0.4, 0.5) is 20.5 Å². The zero-order valence-electron chi connectivity index (χ0n) is 16.8. The van der Waals surface area contributed by atoms with Crippen molar-refractivity contribution < 1.29 is 8.78 Å². The lowest BCUT2D eigenvalue weighted by Gasteiger charge is -2.29. The number of piperidine rings is 1. The molecule has 1 N–H and O–H groups in total. The molecule has 1 spiro atoms. The second-order valence-electron chi connectivity index (χ2n) is 9.63. The highest BCUT2D eigenvalue weighted by Gasteiger charge is 2.72. The number of hydrogen-bond acceptors (Lipinski definition) is 6. The second kappa shape index (κ2) is 5.74. The van der Waals surface area contributed by atoms with Gasteiger partial charge < -0.3 is 15.1 Å². The number of pyridine rings is 1. The fraction of sp³-hybridized carbons (Fsp3) is 0.667. The van der Waals surface area contributed by atoms with E-state index in [1.807, 2.05) is 24.1 Å². The largest absolute Gasteiger partial charge is 0.354 e. The van der Waals surface area contributed by atoms with Crippen molar-refractivity contribution in [1.29, 1.82) is 0 Å². The minimum atomic E-state index is -2.53. The monoisotopic (exact) mass is 400 g/mol. The third-order valence-electron chi connectivity index (χ3n) is 7.67. The van der Waals surface area contributed by atoms with Crippen molar-refractivity contribution in [3.8, 4) is 0 Å². The predicted octanol–water partition coefficient (Wildman–Crippen LogP) is 3.07.